The molecule has 0 aromatic carbocycles. The largest absolute Gasteiger partial charge is 0.0779 e. The summed E-state index contributed by atoms with van der Waals surface area (Å²) in [6.45, 7) is 6.60. The zero-order valence-electron chi connectivity index (χ0n) is 5.15. The maximum Gasteiger partial charge on any atom is 0.00128 e. The third-order valence-corrected chi connectivity index (χ3v) is 1.82. The summed E-state index contributed by atoms with van der Waals surface area (Å²) < 4.78 is 0. The van der Waals surface area contributed by atoms with Gasteiger partial charge in [-0.05, 0) is 12.8 Å². The molecule has 0 aliphatic heterocycles. The minimum Gasteiger partial charge on any atom is -0.0779 e. The van der Waals surface area contributed by atoms with Crippen LogP contribution >= 0.6 is 0 Å². The predicted octanol–water partition coefficient (Wildman–Crippen LogP) is 2.18. The summed E-state index contributed by atoms with van der Waals surface area (Å²) in [5, 5.41) is 0. The van der Waals surface area contributed by atoms with Crippen molar-refractivity contribution >= 4 is 0 Å². The first kappa shape index (κ1) is 4.89. The van der Waals surface area contributed by atoms with Crippen LogP contribution in [0.4, 0.5) is 0 Å². The topological polar surface area (TPSA) is 0 Å². The average Bonchev–Trinajstić information content (AvgIpc) is 1.68. The molecule has 0 saturated carbocycles. The molecule has 0 fully saturated rings. The van der Waals surface area contributed by atoms with Gasteiger partial charge < -0.3 is 0 Å². The van der Waals surface area contributed by atoms with Crippen LogP contribution < -0.4 is 0 Å². The van der Waals surface area contributed by atoms with Gasteiger partial charge in [-0.2, -0.15) is 0 Å². The van der Waals surface area contributed by atoms with E-state index in [-0.39, 0.29) is 0 Å². The molecular weight excluding hydrogens is 84.1 g/mol. The highest BCUT2D eigenvalue weighted by Crippen LogP contribution is 2.33. The lowest BCUT2D eigenvalue weighted by atomic mass is 9.78. The van der Waals surface area contributed by atoms with E-state index in [4.69, 9.17) is 0 Å². The molecule has 0 N–H and O–H groups in total. The molecule has 0 amide bonds. The molecule has 1 aliphatic carbocycles. The molecule has 1 atom stereocenters. The highest BCUT2D eigenvalue weighted by molar-refractivity contribution is 5.33. The monoisotopic (exact) mass is 95.1 g/mol. The standard InChI is InChI=1S/C7H11/c1-5-4-6(2)7(5)3/h4,7H,1-3H3. The molecule has 7 heavy (non-hydrogen) atoms. The minimum absolute atomic E-state index is 0.778. The van der Waals surface area contributed by atoms with Crippen molar-refractivity contribution < 1.29 is 0 Å². The maximum atomic E-state index is 2.24. The predicted molar refractivity (Wildman–Crippen MR) is 31.8 cm³/mol. The van der Waals surface area contributed by atoms with E-state index in [2.05, 4.69) is 26.8 Å². The van der Waals surface area contributed by atoms with Crippen LogP contribution in [0.1, 0.15) is 20.8 Å². The molecule has 0 heteroatoms. The zero-order chi connectivity index (χ0) is 5.44. The summed E-state index contributed by atoms with van der Waals surface area (Å²) in [6.07, 6.45) is 2.24. The second-order valence-corrected chi connectivity index (χ2v) is 2.35. The highest BCUT2D eigenvalue weighted by atomic mass is 14.2. The SMILES string of the molecule is C[C]1C=C(C)C1C. The third kappa shape index (κ3) is 0.583. The first-order chi connectivity index (χ1) is 3.22. The lowest BCUT2D eigenvalue weighted by Gasteiger charge is -2.27. The van der Waals surface area contributed by atoms with E-state index in [1.54, 1.807) is 0 Å². The summed E-state index contributed by atoms with van der Waals surface area (Å²) in [6, 6.07) is 0. The summed E-state index contributed by atoms with van der Waals surface area (Å²) in [4.78, 5) is 0. The van der Waals surface area contributed by atoms with Crippen molar-refractivity contribution in [2.24, 2.45) is 5.92 Å². The normalized spacial score (nSPS) is 31.9. The second kappa shape index (κ2) is 1.36. The van der Waals surface area contributed by atoms with Crippen LogP contribution in [0.3, 0.4) is 0 Å². The van der Waals surface area contributed by atoms with E-state index in [1.165, 1.54) is 11.5 Å². The lowest BCUT2D eigenvalue weighted by molar-refractivity contribution is 0.666. The Balaban J connectivity index is 2.57. The fraction of sp³-hybridized carbons (Fsp3) is 0.571. The second-order valence-electron chi connectivity index (χ2n) is 2.35. The van der Waals surface area contributed by atoms with Crippen LogP contribution in [0.2, 0.25) is 0 Å². The molecule has 0 spiro atoms. The van der Waals surface area contributed by atoms with Gasteiger partial charge in [-0.15, -0.1) is 0 Å². The van der Waals surface area contributed by atoms with Gasteiger partial charge in [-0.1, -0.05) is 25.5 Å². The Morgan fingerprint density at radius 1 is 1.43 bits per heavy atom. The Labute approximate surface area is 45.2 Å². The van der Waals surface area contributed by atoms with Crippen LogP contribution in [0, 0.1) is 11.8 Å². The van der Waals surface area contributed by atoms with E-state index >= 15 is 0 Å². The van der Waals surface area contributed by atoms with Gasteiger partial charge >= 0.3 is 0 Å². The minimum atomic E-state index is 0.778. The maximum absolute atomic E-state index is 2.24. The summed E-state index contributed by atoms with van der Waals surface area (Å²) >= 11 is 0. The van der Waals surface area contributed by atoms with Gasteiger partial charge in [0.2, 0.25) is 0 Å². The third-order valence-electron chi connectivity index (χ3n) is 1.82. The Bertz CT molecular complexity index is 101. The van der Waals surface area contributed by atoms with E-state index in [0.29, 0.717) is 0 Å². The van der Waals surface area contributed by atoms with E-state index < -0.39 is 0 Å². The first-order valence-electron chi connectivity index (χ1n) is 2.73. The molecule has 0 nitrogen and oxygen atoms in total. The molecule has 0 aromatic rings. The summed E-state index contributed by atoms with van der Waals surface area (Å²) in [5.74, 6) is 2.30. The number of hydrogen-bond acceptors (Lipinski definition) is 0. The van der Waals surface area contributed by atoms with Crippen molar-refractivity contribution in [2.45, 2.75) is 20.8 Å². The van der Waals surface area contributed by atoms with E-state index in [1.807, 2.05) is 0 Å². The van der Waals surface area contributed by atoms with Crippen LogP contribution in [0.5, 0.6) is 0 Å². The molecule has 1 aliphatic rings. The van der Waals surface area contributed by atoms with Crippen molar-refractivity contribution in [2.75, 3.05) is 0 Å². The van der Waals surface area contributed by atoms with Gasteiger partial charge in [0.25, 0.3) is 0 Å². The summed E-state index contributed by atoms with van der Waals surface area (Å²) in [5.41, 5.74) is 1.53. The Morgan fingerprint density at radius 3 is 2.00 bits per heavy atom. The van der Waals surface area contributed by atoms with Crippen molar-refractivity contribution in [3.8, 4) is 0 Å². The van der Waals surface area contributed by atoms with Crippen molar-refractivity contribution in [3.63, 3.8) is 0 Å². The van der Waals surface area contributed by atoms with Crippen LogP contribution in [0.25, 0.3) is 0 Å². The first-order valence-corrected chi connectivity index (χ1v) is 2.73. The Hall–Kier alpha value is -0.260. The zero-order valence-corrected chi connectivity index (χ0v) is 5.15. The highest BCUT2D eigenvalue weighted by Gasteiger charge is 2.20. The Morgan fingerprint density at radius 2 is 2.00 bits per heavy atom. The van der Waals surface area contributed by atoms with Crippen molar-refractivity contribution in [1.82, 2.24) is 0 Å². The molecule has 1 radical (unpaired) electrons. The summed E-state index contributed by atoms with van der Waals surface area (Å²) in [7, 11) is 0. The molecule has 39 valence electrons. The lowest BCUT2D eigenvalue weighted by Crippen LogP contribution is -2.14. The molecular formula is C7H11. The molecule has 0 heterocycles. The average molecular weight is 95.2 g/mol. The van der Waals surface area contributed by atoms with Crippen molar-refractivity contribution in [1.29, 1.82) is 0 Å². The van der Waals surface area contributed by atoms with Gasteiger partial charge in [0, 0.05) is 5.92 Å². The fourth-order valence-electron chi connectivity index (χ4n) is 0.872. The fourth-order valence-corrected chi connectivity index (χ4v) is 0.872. The van der Waals surface area contributed by atoms with Gasteiger partial charge in [0.1, 0.15) is 0 Å². The number of rotatable bonds is 0. The van der Waals surface area contributed by atoms with Crippen LogP contribution in [-0.4, -0.2) is 0 Å². The quantitative estimate of drug-likeness (QED) is 0.432. The van der Waals surface area contributed by atoms with E-state index in [0.717, 1.165) is 5.92 Å². The smallest absolute Gasteiger partial charge is 0.00128 e. The van der Waals surface area contributed by atoms with Gasteiger partial charge in [0.15, 0.2) is 0 Å². The van der Waals surface area contributed by atoms with Crippen LogP contribution in [0.15, 0.2) is 11.6 Å². The van der Waals surface area contributed by atoms with Gasteiger partial charge in [-0.3, -0.25) is 0 Å². The molecule has 1 unspecified atom stereocenters. The molecule has 0 bridgehead atoms. The molecule has 0 aromatic heterocycles. The number of hydrogen-bond donors (Lipinski definition) is 0. The van der Waals surface area contributed by atoms with Crippen molar-refractivity contribution in [3.05, 3.63) is 17.6 Å². The van der Waals surface area contributed by atoms with E-state index in [9.17, 15) is 0 Å². The van der Waals surface area contributed by atoms with Gasteiger partial charge in [-0.25, -0.2) is 0 Å². The van der Waals surface area contributed by atoms with Gasteiger partial charge in [0.05, 0.1) is 0 Å². The number of allylic oxidation sites excluding steroid dienone is 2. The Kier molecular flexibility index (Phi) is 0.949. The molecule has 0 saturated heterocycles. The molecule has 1 rings (SSSR count). The van der Waals surface area contributed by atoms with Crippen LogP contribution in [-0.2, 0) is 0 Å².